The van der Waals surface area contributed by atoms with E-state index in [1.54, 1.807) is 4.90 Å². The van der Waals surface area contributed by atoms with Gasteiger partial charge in [0, 0.05) is 6.54 Å². The molecule has 5 nitrogen and oxygen atoms in total. The standard InChI is InChI=1S/C16H17FN2O3/c17-13-7-11(8-18)1-4-15(13)22-10-16(20)19-5-6-21-9-14(19)12-2-3-12/h1,4,7,12,14H,2-3,5-6,9-10H2. The van der Waals surface area contributed by atoms with Gasteiger partial charge in [-0.05, 0) is 37.0 Å². The van der Waals surface area contributed by atoms with Gasteiger partial charge in [0.1, 0.15) is 0 Å². The number of amides is 1. The highest BCUT2D eigenvalue weighted by molar-refractivity contribution is 5.78. The van der Waals surface area contributed by atoms with Crippen molar-refractivity contribution < 1.29 is 18.7 Å². The van der Waals surface area contributed by atoms with Crippen molar-refractivity contribution in [1.29, 1.82) is 5.26 Å². The Morgan fingerprint density at radius 3 is 3.00 bits per heavy atom. The maximum Gasteiger partial charge on any atom is 0.260 e. The van der Waals surface area contributed by atoms with Crippen molar-refractivity contribution >= 4 is 5.91 Å². The number of rotatable bonds is 4. The molecular weight excluding hydrogens is 287 g/mol. The molecule has 0 N–H and O–H groups in total. The highest BCUT2D eigenvalue weighted by atomic mass is 19.1. The zero-order chi connectivity index (χ0) is 15.5. The van der Waals surface area contributed by atoms with E-state index in [0.717, 1.165) is 18.9 Å². The highest BCUT2D eigenvalue weighted by Crippen LogP contribution is 2.36. The molecule has 1 saturated heterocycles. The lowest BCUT2D eigenvalue weighted by Crippen LogP contribution is -2.51. The molecular formula is C16H17FN2O3. The number of morpholine rings is 1. The summed E-state index contributed by atoms with van der Waals surface area (Å²) in [5.41, 5.74) is 0.221. The van der Waals surface area contributed by atoms with Crippen molar-refractivity contribution in [2.75, 3.05) is 26.4 Å². The minimum Gasteiger partial charge on any atom is -0.481 e. The van der Waals surface area contributed by atoms with Crippen LogP contribution in [0.2, 0.25) is 0 Å². The number of carbonyl (C=O) groups excluding carboxylic acids is 1. The van der Waals surface area contributed by atoms with Gasteiger partial charge in [-0.1, -0.05) is 0 Å². The Hall–Kier alpha value is -2.13. The smallest absolute Gasteiger partial charge is 0.260 e. The summed E-state index contributed by atoms with van der Waals surface area (Å²) in [6, 6.07) is 5.91. The van der Waals surface area contributed by atoms with Crippen molar-refractivity contribution in [3.05, 3.63) is 29.6 Å². The van der Waals surface area contributed by atoms with Crippen LogP contribution in [0.15, 0.2) is 18.2 Å². The van der Waals surface area contributed by atoms with E-state index in [1.807, 2.05) is 6.07 Å². The number of ether oxygens (including phenoxy) is 2. The zero-order valence-corrected chi connectivity index (χ0v) is 12.1. The van der Waals surface area contributed by atoms with Crippen LogP contribution in [0, 0.1) is 23.1 Å². The summed E-state index contributed by atoms with van der Waals surface area (Å²) in [5, 5.41) is 8.70. The Morgan fingerprint density at radius 2 is 2.32 bits per heavy atom. The molecule has 2 aliphatic rings. The van der Waals surface area contributed by atoms with Crippen LogP contribution in [0.5, 0.6) is 5.75 Å². The van der Waals surface area contributed by atoms with Gasteiger partial charge in [-0.25, -0.2) is 4.39 Å². The quantitative estimate of drug-likeness (QED) is 0.849. The molecule has 1 saturated carbocycles. The van der Waals surface area contributed by atoms with Crippen molar-refractivity contribution in [3.63, 3.8) is 0 Å². The third-order valence-electron chi connectivity index (χ3n) is 4.06. The Bertz CT molecular complexity index is 610. The largest absolute Gasteiger partial charge is 0.481 e. The Balaban J connectivity index is 1.60. The molecule has 1 heterocycles. The van der Waals surface area contributed by atoms with Gasteiger partial charge in [0.05, 0.1) is 30.9 Å². The van der Waals surface area contributed by atoms with Crippen molar-refractivity contribution in [2.24, 2.45) is 5.92 Å². The minimum absolute atomic E-state index is 0.0106. The maximum atomic E-state index is 13.7. The average molecular weight is 304 g/mol. The number of nitrogens with zero attached hydrogens (tertiary/aromatic N) is 2. The van der Waals surface area contributed by atoms with E-state index in [-0.39, 0.29) is 29.9 Å². The molecule has 1 amide bonds. The first-order valence-corrected chi connectivity index (χ1v) is 7.38. The first kappa shape index (κ1) is 14.8. The summed E-state index contributed by atoms with van der Waals surface area (Å²) in [6.45, 7) is 1.45. The SMILES string of the molecule is N#Cc1ccc(OCC(=O)N2CCOCC2C2CC2)c(F)c1. The van der Waals surface area contributed by atoms with Gasteiger partial charge < -0.3 is 14.4 Å². The average Bonchev–Trinajstić information content (AvgIpc) is 3.38. The third-order valence-corrected chi connectivity index (χ3v) is 4.06. The molecule has 116 valence electrons. The molecule has 0 spiro atoms. The Kier molecular flexibility index (Phi) is 4.25. The minimum atomic E-state index is -0.632. The second kappa shape index (κ2) is 6.32. The maximum absolute atomic E-state index is 13.7. The molecule has 1 aromatic rings. The fourth-order valence-corrected chi connectivity index (χ4v) is 2.71. The predicted molar refractivity (Wildman–Crippen MR) is 75.7 cm³/mol. The zero-order valence-electron chi connectivity index (χ0n) is 12.1. The summed E-state index contributed by atoms with van der Waals surface area (Å²) in [4.78, 5) is 14.1. The molecule has 0 radical (unpaired) electrons. The monoisotopic (exact) mass is 304 g/mol. The summed E-state index contributed by atoms with van der Waals surface area (Å²) < 4.78 is 24.5. The van der Waals surface area contributed by atoms with Crippen LogP contribution in [-0.2, 0) is 9.53 Å². The van der Waals surface area contributed by atoms with Crippen LogP contribution < -0.4 is 4.74 Å². The predicted octanol–water partition coefficient (Wildman–Crippen LogP) is 1.71. The molecule has 1 aliphatic heterocycles. The van der Waals surface area contributed by atoms with Gasteiger partial charge in [-0.3, -0.25) is 4.79 Å². The van der Waals surface area contributed by atoms with Crippen LogP contribution >= 0.6 is 0 Å². The van der Waals surface area contributed by atoms with E-state index in [0.29, 0.717) is 25.7 Å². The molecule has 22 heavy (non-hydrogen) atoms. The lowest BCUT2D eigenvalue weighted by Gasteiger charge is -2.35. The van der Waals surface area contributed by atoms with E-state index < -0.39 is 5.82 Å². The molecule has 0 aromatic heterocycles. The highest BCUT2D eigenvalue weighted by Gasteiger charge is 2.39. The van der Waals surface area contributed by atoms with Crippen LogP contribution in [0.1, 0.15) is 18.4 Å². The first-order chi connectivity index (χ1) is 10.7. The lowest BCUT2D eigenvalue weighted by atomic mass is 10.1. The molecule has 1 atom stereocenters. The molecule has 2 fully saturated rings. The molecule has 6 heteroatoms. The van der Waals surface area contributed by atoms with E-state index in [4.69, 9.17) is 14.7 Å². The van der Waals surface area contributed by atoms with Crippen LogP contribution in [-0.4, -0.2) is 43.2 Å². The topological polar surface area (TPSA) is 62.6 Å². The first-order valence-electron chi connectivity index (χ1n) is 7.38. The lowest BCUT2D eigenvalue weighted by molar-refractivity contribution is -0.143. The Morgan fingerprint density at radius 1 is 1.50 bits per heavy atom. The fourth-order valence-electron chi connectivity index (χ4n) is 2.71. The molecule has 1 aliphatic carbocycles. The van der Waals surface area contributed by atoms with Crippen LogP contribution in [0.25, 0.3) is 0 Å². The van der Waals surface area contributed by atoms with Gasteiger partial charge in [0.25, 0.3) is 5.91 Å². The normalized spacial score (nSPS) is 21.3. The van der Waals surface area contributed by atoms with Gasteiger partial charge in [0.2, 0.25) is 0 Å². The number of carbonyl (C=O) groups is 1. The third kappa shape index (κ3) is 3.20. The van der Waals surface area contributed by atoms with Gasteiger partial charge in [-0.2, -0.15) is 5.26 Å². The summed E-state index contributed by atoms with van der Waals surface area (Å²) in [6.07, 6.45) is 2.26. The second-order valence-corrected chi connectivity index (χ2v) is 5.61. The number of halogens is 1. The van der Waals surface area contributed by atoms with E-state index >= 15 is 0 Å². The summed E-state index contributed by atoms with van der Waals surface area (Å²) >= 11 is 0. The number of benzene rings is 1. The molecule has 1 unspecified atom stereocenters. The number of hydrogen-bond donors (Lipinski definition) is 0. The van der Waals surface area contributed by atoms with Gasteiger partial charge in [-0.15, -0.1) is 0 Å². The fraction of sp³-hybridized carbons (Fsp3) is 0.500. The molecule has 0 bridgehead atoms. The second-order valence-electron chi connectivity index (χ2n) is 5.61. The van der Waals surface area contributed by atoms with Crippen molar-refractivity contribution in [1.82, 2.24) is 4.90 Å². The number of nitriles is 1. The van der Waals surface area contributed by atoms with E-state index in [9.17, 15) is 9.18 Å². The van der Waals surface area contributed by atoms with Crippen molar-refractivity contribution in [3.8, 4) is 11.8 Å². The number of hydrogen-bond acceptors (Lipinski definition) is 4. The molecule has 3 rings (SSSR count). The Labute approximate surface area is 128 Å². The van der Waals surface area contributed by atoms with Crippen LogP contribution in [0.3, 0.4) is 0 Å². The van der Waals surface area contributed by atoms with Gasteiger partial charge >= 0.3 is 0 Å². The molecule has 1 aromatic carbocycles. The van der Waals surface area contributed by atoms with Gasteiger partial charge in [0.15, 0.2) is 18.2 Å². The van der Waals surface area contributed by atoms with E-state index in [2.05, 4.69) is 0 Å². The van der Waals surface area contributed by atoms with E-state index in [1.165, 1.54) is 12.1 Å². The summed E-state index contributed by atoms with van der Waals surface area (Å²) in [5.74, 6) is -0.268. The van der Waals surface area contributed by atoms with Crippen molar-refractivity contribution in [2.45, 2.75) is 18.9 Å². The van der Waals surface area contributed by atoms with Crippen LogP contribution in [0.4, 0.5) is 4.39 Å². The summed E-state index contributed by atoms with van der Waals surface area (Å²) in [7, 11) is 0.